The van der Waals surface area contributed by atoms with Gasteiger partial charge in [0.1, 0.15) is 11.0 Å². The lowest BCUT2D eigenvalue weighted by atomic mass is 10.1. The second-order valence-electron chi connectivity index (χ2n) is 4.74. The van der Waals surface area contributed by atoms with Gasteiger partial charge in [0.05, 0.1) is 23.3 Å². The summed E-state index contributed by atoms with van der Waals surface area (Å²) >= 11 is 1.57. The minimum atomic E-state index is -0.386. The van der Waals surface area contributed by atoms with Crippen molar-refractivity contribution in [2.24, 2.45) is 0 Å². The number of amides is 2. The van der Waals surface area contributed by atoms with Gasteiger partial charge in [-0.2, -0.15) is 0 Å². The quantitative estimate of drug-likeness (QED) is 0.932. The Balaban J connectivity index is 1.87. The zero-order valence-corrected chi connectivity index (χ0v) is 11.9. The lowest BCUT2D eigenvalue weighted by Gasteiger charge is -2.33. The van der Waals surface area contributed by atoms with Crippen LogP contribution in [0.4, 0.5) is 0 Å². The van der Waals surface area contributed by atoms with Crippen molar-refractivity contribution in [2.75, 3.05) is 6.54 Å². The first kappa shape index (κ1) is 13.1. The van der Waals surface area contributed by atoms with Crippen LogP contribution in [-0.4, -0.2) is 34.3 Å². The van der Waals surface area contributed by atoms with Crippen LogP contribution in [0.3, 0.4) is 0 Å². The molecule has 2 aromatic rings. The zero-order chi connectivity index (χ0) is 14.1. The zero-order valence-electron chi connectivity index (χ0n) is 11.1. The molecule has 2 heterocycles. The summed E-state index contributed by atoms with van der Waals surface area (Å²) in [6, 6.07) is 7.50. The third-order valence-corrected chi connectivity index (χ3v) is 4.46. The molecule has 1 atom stereocenters. The van der Waals surface area contributed by atoms with Crippen molar-refractivity contribution in [3.63, 3.8) is 0 Å². The Morgan fingerprint density at radius 3 is 2.95 bits per heavy atom. The van der Waals surface area contributed by atoms with Gasteiger partial charge in [0.15, 0.2) is 0 Å². The van der Waals surface area contributed by atoms with Crippen LogP contribution in [0.25, 0.3) is 10.2 Å². The Hall–Kier alpha value is -1.95. The molecule has 0 radical (unpaired) electrons. The predicted molar refractivity (Wildman–Crippen MR) is 77.3 cm³/mol. The maximum absolute atomic E-state index is 12.0. The van der Waals surface area contributed by atoms with E-state index in [9.17, 15) is 9.59 Å². The van der Waals surface area contributed by atoms with E-state index in [4.69, 9.17) is 0 Å². The van der Waals surface area contributed by atoms with E-state index in [0.29, 0.717) is 13.0 Å². The molecule has 6 heteroatoms. The molecule has 0 aliphatic carbocycles. The molecule has 0 spiro atoms. The smallest absolute Gasteiger partial charge is 0.243 e. The SMILES string of the molecule is CCC1C(=O)NCC(=O)N1Cc1nc2ccccc2s1. The number of benzene rings is 1. The van der Waals surface area contributed by atoms with Gasteiger partial charge in [-0.05, 0) is 18.6 Å². The van der Waals surface area contributed by atoms with Gasteiger partial charge in [-0.25, -0.2) is 4.98 Å². The van der Waals surface area contributed by atoms with E-state index in [2.05, 4.69) is 10.3 Å². The Kier molecular flexibility index (Phi) is 3.40. The molecule has 1 N–H and O–H groups in total. The molecule has 104 valence electrons. The van der Waals surface area contributed by atoms with Crippen LogP contribution in [-0.2, 0) is 16.1 Å². The molecule has 1 aliphatic rings. The summed E-state index contributed by atoms with van der Waals surface area (Å²) in [5.74, 6) is -0.121. The number of hydrogen-bond donors (Lipinski definition) is 1. The van der Waals surface area contributed by atoms with Gasteiger partial charge < -0.3 is 10.2 Å². The molecule has 1 aliphatic heterocycles. The number of carbonyl (C=O) groups is 2. The van der Waals surface area contributed by atoms with Gasteiger partial charge in [-0.3, -0.25) is 9.59 Å². The number of para-hydroxylation sites is 1. The molecule has 3 rings (SSSR count). The van der Waals surface area contributed by atoms with Gasteiger partial charge in [-0.15, -0.1) is 11.3 Å². The predicted octanol–water partition coefficient (Wildman–Crippen LogP) is 1.53. The third kappa shape index (κ3) is 2.27. The Labute approximate surface area is 120 Å². The van der Waals surface area contributed by atoms with Crippen molar-refractivity contribution in [3.8, 4) is 0 Å². The van der Waals surface area contributed by atoms with Crippen LogP contribution in [0, 0.1) is 0 Å². The molecule has 0 saturated carbocycles. The van der Waals surface area contributed by atoms with Crippen molar-refractivity contribution in [2.45, 2.75) is 25.9 Å². The van der Waals surface area contributed by atoms with Crippen LogP contribution in [0.2, 0.25) is 0 Å². The Bertz CT molecular complexity index is 634. The van der Waals surface area contributed by atoms with E-state index < -0.39 is 0 Å². The van der Waals surface area contributed by atoms with Crippen molar-refractivity contribution >= 4 is 33.4 Å². The molecule has 0 bridgehead atoms. The molecule has 5 nitrogen and oxygen atoms in total. The molecule has 1 fully saturated rings. The second-order valence-corrected chi connectivity index (χ2v) is 5.85. The Morgan fingerprint density at radius 1 is 1.40 bits per heavy atom. The summed E-state index contributed by atoms with van der Waals surface area (Å²) in [4.78, 5) is 30.0. The summed E-state index contributed by atoms with van der Waals surface area (Å²) in [5, 5.41) is 3.50. The summed E-state index contributed by atoms with van der Waals surface area (Å²) < 4.78 is 1.10. The first-order chi connectivity index (χ1) is 9.69. The first-order valence-electron chi connectivity index (χ1n) is 6.60. The maximum atomic E-state index is 12.0. The van der Waals surface area contributed by atoms with Crippen molar-refractivity contribution in [1.29, 1.82) is 0 Å². The monoisotopic (exact) mass is 289 g/mol. The van der Waals surface area contributed by atoms with E-state index >= 15 is 0 Å². The molecule has 1 aromatic heterocycles. The molecular weight excluding hydrogens is 274 g/mol. The van der Waals surface area contributed by atoms with E-state index in [1.807, 2.05) is 31.2 Å². The fourth-order valence-corrected chi connectivity index (χ4v) is 3.40. The van der Waals surface area contributed by atoms with Crippen LogP contribution in [0.15, 0.2) is 24.3 Å². The topological polar surface area (TPSA) is 62.3 Å². The fourth-order valence-electron chi connectivity index (χ4n) is 2.43. The number of hydrogen-bond acceptors (Lipinski definition) is 4. The maximum Gasteiger partial charge on any atom is 0.243 e. The van der Waals surface area contributed by atoms with Crippen molar-refractivity contribution in [1.82, 2.24) is 15.2 Å². The number of nitrogens with zero attached hydrogens (tertiary/aromatic N) is 2. The third-order valence-electron chi connectivity index (χ3n) is 3.44. The normalized spacial score (nSPS) is 19.4. The standard InChI is InChI=1S/C14H15N3O2S/c1-2-10-14(19)15-7-13(18)17(10)8-12-16-9-5-3-4-6-11(9)20-12/h3-6,10H,2,7-8H2,1H3,(H,15,19). The molecule has 1 unspecified atom stereocenters. The van der Waals surface area contributed by atoms with Gasteiger partial charge >= 0.3 is 0 Å². The molecule has 2 amide bonds. The summed E-state index contributed by atoms with van der Waals surface area (Å²) in [7, 11) is 0. The van der Waals surface area contributed by atoms with Gasteiger partial charge in [0.2, 0.25) is 11.8 Å². The number of thiazole rings is 1. The highest BCUT2D eigenvalue weighted by Crippen LogP contribution is 2.24. The van der Waals surface area contributed by atoms with Crippen LogP contribution in [0.5, 0.6) is 0 Å². The number of fused-ring (bicyclic) bond motifs is 1. The number of carbonyl (C=O) groups excluding carboxylic acids is 2. The average Bonchev–Trinajstić information content (AvgIpc) is 2.85. The highest BCUT2D eigenvalue weighted by Gasteiger charge is 2.33. The number of aromatic nitrogens is 1. The number of rotatable bonds is 3. The van der Waals surface area contributed by atoms with Gasteiger partial charge in [0.25, 0.3) is 0 Å². The highest BCUT2D eigenvalue weighted by molar-refractivity contribution is 7.18. The number of nitrogens with one attached hydrogen (secondary N) is 1. The summed E-state index contributed by atoms with van der Waals surface area (Å²) in [6.07, 6.45) is 0.614. The Morgan fingerprint density at radius 2 is 2.20 bits per heavy atom. The summed E-state index contributed by atoms with van der Waals surface area (Å²) in [5.41, 5.74) is 0.939. The lowest BCUT2D eigenvalue weighted by molar-refractivity contribution is -0.146. The minimum Gasteiger partial charge on any atom is -0.345 e. The van der Waals surface area contributed by atoms with Crippen LogP contribution >= 0.6 is 11.3 Å². The van der Waals surface area contributed by atoms with E-state index in [0.717, 1.165) is 15.2 Å². The molecule has 20 heavy (non-hydrogen) atoms. The van der Waals surface area contributed by atoms with Crippen LogP contribution in [0.1, 0.15) is 18.4 Å². The van der Waals surface area contributed by atoms with Crippen molar-refractivity contribution < 1.29 is 9.59 Å². The van der Waals surface area contributed by atoms with Crippen molar-refractivity contribution in [3.05, 3.63) is 29.3 Å². The first-order valence-corrected chi connectivity index (χ1v) is 7.42. The van der Waals surface area contributed by atoms with Gasteiger partial charge in [-0.1, -0.05) is 19.1 Å². The lowest BCUT2D eigenvalue weighted by Crippen LogP contribution is -2.57. The van der Waals surface area contributed by atoms with E-state index in [1.165, 1.54) is 0 Å². The molecular formula is C14H15N3O2S. The second kappa shape index (κ2) is 5.20. The molecule has 1 saturated heterocycles. The minimum absolute atomic E-state index is 0.0456. The van der Waals surface area contributed by atoms with E-state index in [-0.39, 0.29) is 24.4 Å². The highest BCUT2D eigenvalue weighted by atomic mass is 32.1. The average molecular weight is 289 g/mol. The largest absolute Gasteiger partial charge is 0.345 e. The van der Waals surface area contributed by atoms with Crippen LogP contribution < -0.4 is 5.32 Å². The number of piperazine rings is 1. The van der Waals surface area contributed by atoms with Gasteiger partial charge in [0, 0.05) is 0 Å². The fraction of sp³-hybridized carbons (Fsp3) is 0.357. The summed E-state index contributed by atoms with van der Waals surface area (Å²) in [6.45, 7) is 2.40. The van der Waals surface area contributed by atoms with E-state index in [1.54, 1.807) is 16.2 Å². The molecule has 1 aromatic carbocycles.